The largest absolute Gasteiger partial charge is 0.449 e. The summed E-state index contributed by atoms with van der Waals surface area (Å²) in [6.07, 6.45) is 0. The van der Waals surface area contributed by atoms with Crippen molar-refractivity contribution in [3.8, 4) is 17.6 Å². The van der Waals surface area contributed by atoms with Crippen molar-refractivity contribution in [2.75, 3.05) is 0 Å². The number of nitrogens with two attached hydrogens (primary N) is 1. The third kappa shape index (κ3) is 3.66. The normalized spacial score (nSPS) is 14.9. The Kier molecular flexibility index (Phi) is 5.27. The highest BCUT2D eigenvalue weighted by Crippen LogP contribution is 2.44. The molecule has 1 aromatic heterocycles. The number of carbonyl (C=O) groups excluding carboxylic acids is 1. The molecule has 0 radical (unpaired) electrons. The van der Waals surface area contributed by atoms with Crippen molar-refractivity contribution < 1.29 is 18.7 Å². The minimum absolute atomic E-state index is 0.00745. The predicted molar refractivity (Wildman–Crippen MR) is 128 cm³/mol. The van der Waals surface area contributed by atoms with Gasteiger partial charge in [-0.15, -0.1) is 0 Å². The van der Waals surface area contributed by atoms with E-state index in [4.69, 9.17) is 31.2 Å². The number of hydrogen-bond acceptors (Lipinski definition) is 6. The lowest BCUT2D eigenvalue weighted by molar-refractivity contribution is 0.0702. The maximum Gasteiger partial charge on any atom is 0.379 e. The van der Waals surface area contributed by atoms with Crippen molar-refractivity contribution >= 4 is 28.5 Å². The van der Waals surface area contributed by atoms with Crippen LogP contribution in [0.3, 0.4) is 0 Å². The van der Waals surface area contributed by atoms with Gasteiger partial charge in [-0.25, -0.2) is 4.79 Å². The van der Waals surface area contributed by atoms with E-state index in [0.29, 0.717) is 27.5 Å². The van der Waals surface area contributed by atoms with Gasteiger partial charge in [0.1, 0.15) is 28.7 Å². The summed E-state index contributed by atoms with van der Waals surface area (Å²) in [5.74, 6) is -0.288. The summed E-state index contributed by atoms with van der Waals surface area (Å²) < 4.78 is 17.1. The fraction of sp³-hybridized carbons (Fsp3) is 0.111. The number of rotatable bonds is 3. The molecule has 168 valence electrons. The van der Waals surface area contributed by atoms with Crippen LogP contribution < -0.4 is 15.2 Å². The van der Waals surface area contributed by atoms with Crippen LogP contribution in [0.15, 0.2) is 76.5 Å². The summed E-state index contributed by atoms with van der Waals surface area (Å²) in [6, 6.07) is 20.1. The predicted octanol–water partition coefficient (Wildman–Crippen LogP) is 6.14. The molecule has 7 heteroatoms. The molecule has 1 atom stereocenters. The summed E-state index contributed by atoms with van der Waals surface area (Å²) in [5.41, 5.74) is 10.2. The van der Waals surface area contributed by atoms with E-state index >= 15 is 0 Å². The number of hydrogen-bond donors (Lipinski definition) is 1. The Balaban J connectivity index is 1.49. The van der Waals surface area contributed by atoms with Crippen LogP contribution in [0.1, 0.15) is 38.7 Å². The molecule has 34 heavy (non-hydrogen) atoms. The van der Waals surface area contributed by atoms with E-state index in [1.165, 1.54) is 0 Å². The van der Waals surface area contributed by atoms with Gasteiger partial charge in [0, 0.05) is 27.6 Å². The lowest BCUT2D eigenvalue weighted by Crippen LogP contribution is -2.21. The molecule has 3 aromatic carbocycles. The molecule has 2 heterocycles. The number of aryl methyl sites for hydroxylation is 2. The van der Waals surface area contributed by atoms with Gasteiger partial charge in [0.2, 0.25) is 11.6 Å². The molecule has 5 rings (SSSR count). The van der Waals surface area contributed by atoms with Crippen LogP contribution in [-0.4, -0.2) is 5.97 Å². The molecule has 1 aliphatic heterocycles. The number of benzene rings is 3. The highest BCUT2D eigenvalue weighted by atomic mass is 35.5. The van der Waals surface area contributed by atoms with Crippen LogP contribution in [0, 0.1) is 25.2 Å². The van der Waals surface area contributed by atoms with Gasteiger partial charge in [-0.1, -0.05) is 41.9 Å². The third-order valence-electron chi connectivity index (χ3n) is 5.86. The van der Waals surface area contributed by atoms with Crippen LogP contribution in [0.4, 0.5) is 0 Å². The smallest absolute Gasteiger partial charge is 0.379 e. The molecule has 1 aliphatic rings. The van der Waals surface area contributed by atoms with Gasteiger partial charge in [-0.05, 0) is 49.2 Å². The van der Waals surface area contributed by atoms with Gasteiger partial charge in [0.15, 0.2) is 0 Å². The zero-order valence-corrected chi connectivity index (χ0v) is 19.1. The first-order valence-electron chi connectivity index (χ1n) is 10.5. The highest BCUT2D eigenvalue weighted by molar-refractivity contribution is 6.30. The minimum atomic E-state index is -0.616. The number of carbonyl (C=O) groups is 1. The number of esters is 1. The molecule has 0 saturated heterocycles. The first-order valence-corrected chi connectivity index (χ1v) is 10.9. The van der Waals surface area contributed by atoms with Gasteiger partial charge in [0.25, 0.3) is 0 Å². The molecule has 1 unspecified atom stereocenters. The maximum atomic E-state index is 12.9. The lowest BCUT2D eigenvalue weighted by atomic mass is 9.83. The molecule has 2 N–H and O–H groups in total. The number of nitrogens with zero attached hydrogens (tertiary/aromatic N) is 1. The van der Waals surface area contributed by atoms with Gasteiger partial charge in [-0.2, -0.15) is 5.26 Å². The Morgan fingerprint density at radius 3 is 2.71 bits per heavy atom. The van der Waals surface area contributed by atoms with Crippen LogP contribution in [-0.2, 0) is 0 Å². The second-order valence-corrected chi connectivity index (χ2v) is 8.56. The molecule has 0 amide bonds. The molecule has 0 spiro atoms. The fourth-order valence-electron chi connectivity index (χ4n) is 4.21. The molecular weight excluding hydrogens is 452 g/mol. The first kappa shape index (κ1) is 21.6. The number of ether oxygens (including phenoxy) is 2. The molecule has 6 nitrogen and oxygen atoms in total. The van der Waals surface area contributed by atoms with Gasteiger partial charge in [0.05, 0.1) is 5.92 Å². The van der Waals surface area contributed by atoms with Crippen molar-refractivity contribution in [1.29, 1.82) is 5.26 Å². The quantitative estimate of drug-likeness (QED) is 0.285. The van der Waals surface area contributed by atoms with Crippen LogP contribution in [0.25, 0.3) is 11.0 Å². The topological polar surface area (TPSA) is 98.5 Å². The summed E-state index contributed by atoms with van der Waals surface area (Å²) in [4.78, 5) is 12.9. The van der Waals surface area contributed by atoms with E-state index in [0.717, 1.165) is 16.5 Å². The molecular formula is C27H19ClN2O4. The summed E-state index contributed by atoms with van der Waals surface area (Å²) >= 11 is 6.18. The van der Waals surface area contributed by atoms with Crippen molar-refractivity contribution in [1.82, 2.24) is 0 Å². The summed E-state index contributed by atoms with van der Waals surface area (Å²) in [6.45, 7) is 3.77. The van der Waals surface area contributed by atoms with Crippen LogP contribution in [0.2, 0.25) is 5.02 Å². The van der Waals surface area contributed by atoms with Crippen molar-refractivity contribution in [3.05, 3.63) is 105 Å². The van der Waals surface area contributed by atoms with Crippen LogP contribution >= 0.6 is 11.6 Å². The second kappa shape index (κ2) is 8.29. The van der Waals surface area contributed by atoms with E-state index in [9.17, 15) is 10.1 Å². The van der Waals surface area contributed by atoms with Crippen molar-refractivity contribution in [3.63, 3.8) is 0 Å². The summed E-state index contributed by atoms with van der Waals surface area (Å²) in [7, 11) is 0. The minimum Gasteiger partial charge on any atom is -0.449 e. The van der Waals surface area contributed by atoms with Gasteiger partial charge in [-0.3, -0.25) is 0 Å². The average Bonchev–Trinajstić information content (AvgIpc) is 3.13. The first-order chi connectivity index (χ1) is 16.4. The molecule has 0 saturated carbocycles. The monoisotopic (exact) mass is 470 g/mol. The van der Waals surface area contributed by atoms with Gasteiger partial charge < -0.3 is 19.6 Å². The maximum absolute atomic E-state index is 12.9. The number of allylic oxidation sites excluding steroid dienone is 1. The Morgan fingerprint density at radius 2 is 1.94 bits per heavy atom. The molecule has 0 bridgehead atoms. The standard InChI is InChI=1S/C27H19ClN2O4/c1-14-6-8-19-15(2)25(33-22(19)10-14)27(31)32-18-7-9-20-23(12-18)34-26(30)21(13-29)24(20)16-4-3-5-17(28)11-16/h3-12,24H,30H2,1-2H3. The van der Waals surface area contributed by atoms with Crippen LogP contribution in [0.5, 0.6) is 11.5 Å². The van der Waals surface area contributed by atoms with Crippen molar-refractivity contribution in [2.24, 2.45) is 5.73 Å². The second-order valence-electron chi connectivity index (χ2n) is 8.12. The fourth-order valence-corrected chi connectivity index (χ4v) is 4.41. The Bertz CT molecular complexity index is 1540. The van der Waals surface area contributed by atoms with Gasteiger partial charge >= 0.3 is 5.97 Å². The Labute approximate surface area is 200 Å². The Morgan fingerprint density at radius 1 is 1.12 bits per heavy atom. The highest BCUT2D eigenvalue weighted by Gasteiger charge is 2.31. The average molecular weight is 471 g/mol. The number of nitriles is 1. The third-order valence-corrected chi connectivity index (χ3v) is 6.10. The molecule has 4 aromatic rings. The van der Waals surface area contributed by atoms with E-state index in [-0.39, 0.29) is 23.0 Å². The van der Waals surface area contributed by atoms with E-state index in [1.54, 1.807) is 30.3 Å². The van der Waals surface area contributed by atoms with Crippen molar-refractivity contribution in [2.45, 2.75) is 19.8 Å². The molecule has 0 aliphatic carbocycles. The zero-order valence-electron chi connectivity index (χ0n) is 18.4. The SMILES string of the molecule is Cc1ccc2c(C)c(C(=O)Oc3ccc4c(c3)OC(N)=C(C#N)C4c3cccc(Cl)c3)oc2c1. The number of fused-ring (bicyclic) bond motifs is 2. The van der Waals surface area contributed by atoms with E-state index < -0.39 is 11.9 Å². The Hall–Kier alpha value is -4.21. The lowest BCUT2D eigenvalue weighted by Gasteiger charge is -2.26. The molecule has 0 fully saturated rings. The summed E-state index contributed by atoms with van der Waals surface area (Å²) in [5, 5.41) is 11.1. The number of furan rings is 1. The zero-order chi connectivity index (χ0) is 24.0. The van der Waals surface area contributed by atoms with E-state index in [2.05, 4.69) is 6.07 Å². The number of halogens is 1. The van der Waals surface area contributed by atoms with E-state index in [1.807, 2.05) is 44.2 Å².